The van der Waals surface area contributed by atoms with E-state index in [1.54, 1.807) is 6.07 Å². The van der Waals surface area contributed by atoms with Gasteiger partial charge in [-0.25, -0.2) is 13.8 Å². The summed E-state index contributed by atoms with van der Waals surface area (Å²) in [5, 5.41) is 6.89. The lowest BCUT2D eigenvalue weighted by Crippen LogP contribution is -2.38. The Morgan fingerprint density at radius 1 is 1.16 bits per heavy atom. The van der Waals surface area contributed by atoms with Crippen molar-refractivity contribution in [3.8, 4) is 11.3 Å². The second-order valence-electron chi connectivity index (χ2n) is 9.20. The minimum atomic E-state index is -0.819. The fraction of sp³-hybridized carbons (Fsp3) is 0.583. The van der Waals surface area contributed by atoms with Crippen LogP contribution in [-0.4, -0.2) is 57.4 Å². The lowest BCUT2D eigenvalue weighted by atomic mass is 9.88. The van der Waals surface area contributed by atoms with Gasteiger partial charge in [-0.2, -0.15) is 0 Å². The number of benzene rings is 1. The molecule has 0 unspecified atom stereocenters. The molecule has 0 amide bonds. The normalized spacial score (nSPS) is 25.7. The quantitative estimate of drug-likeness (QED) is 0.694. The highest BCUT2D eigenvalue weighted by molar-refractivity contribution is 5.63. The van der Waals surface area contributed by atoms with Gasteiger partial charge in [-0.1, -0.05) is 0 Å². The van der Waals surface area contributed by atoms with Crippen LogP contribution in [0.5, 0.6) is 0 Å². The molecule has 0 aliphatic carbocycles. The third kappa shape index (κ3) is 4.43. The third-order valence-electron chi connectivity index (χ3n) is 7.10. The monoisotopic (exact) mass is 447 g/mol. The standard InChI is InChI=1S/C23H29F2N3O.CH2O2/c1-14(2)27-9-7-15(8-10-27)23-22(16-3-5-18(24)19(25)11-16)26-13-28(23)20-12-17-4-6-21(20)29-17;2-1-3/h3,5,11,13-15,17,20-21H,4,6-10,12H2,1-2H3;1H,(H,2,3)/t17-,20+,21+;/m0./s1. The molecule has 3 saturated heterocycles. The van der Waals surface area contributed by atoms with Crippen LogP contribution in [0.4, 0.5) is 8.78 Å². The van der Waals surface area contributed by atoms with Gasteiger partial charge in [0.2, 0.25) is 0 Å². The van der Waals surface area contributed by atoms with Crippen LogP contribution in [0.1, 0.15) is 63.6 Å². The minimum absolute atomic E-state index is 0.250. The maximum atomic E-state index is 14.0. The van der Waals surface area contributed by atoms with Gasteiger partial charge in [-0.05, 0) is 77.2 Å². The minimum Gasteiger partial charge on any atom is -0.483 e. The van der Waals surface area contributed by atoms with Gasteiger partial charge in [-0.15, -0.1) is 0 Å². The Balaban J connectivity index is 0.000000775. The van der Waals surface area contributed by atoms with Crippen molar-refractivity contribution in [3.63, 3.8) is 0 Å². The van der Waals surface area contributed by atoms with Crippen molar-refractivity contribution in [2.75, 3.05) is 13.1 Å². The first-order valence-corrected chi connectivity index (χ1v) is 11.4. The third-order valence-corrected chi connectivity index (χ3v) is 7.10. The van der Waals surface area contributed by atoms with Crippen LogP contribution < -0.4 is 0 Å². The molecule has 0 radical (unpaired) electrons. The van der Waals surface area contributed by atoms with Crippen molar-refractivity contribution in [3.05, 3.63) is 41.9 Å². The molecule has 174 valence electrons. The van der Waals surface area contributed by atoms with Gasteiger partial charge in [0.25, 0.3) is 6.47 Å². The Bertz CT molecular complexity index is 941. The fourth-order valence-corrected chi connectivity index (χ4v) is 5.50. The maximum Gasteiger partial charge on any atom is 0.290 e. The Morgan fingerprint density at radius 2 is 1.88 bits per heavy atom. The van der Waals surface area contributed by atoms with E-state index in [4.69, 9.17) is 19.6 Å². The van der Waals surface area contributed by atoms with E-state index in [1.807, 2.05) is 6.33 Å². The zero-order chi connectivity index (χ0) is 22.8. The number of rotatable bonds is 4. The van der Waals surface area contributed by atoms with Crippen LogP contribution in [0.3, 0.4) is 0 Å². The molecule has 2 bridgehead atoms. The Hall–Kier alpha value is -2.32. The highest BCUT2D eigenvalue weighted by atomic mass is 19.2. The summed E-state index contributed by atoms with van der Waals surface area (Å²) in [6.07, 6.45) is 7.90. The zero-order valence-electron chi connectivity index (χ0n) is 18.6. The van der Waals surface area contributed by atoms with Crippen LogP contribution in [0.25, 0.3) is 11.3 Å². The average Bonchev–Trinajstić information content (AvgIpc) is 3.51. The van der Waals surface area contributed by atoms with Gasteiger partial charge in [-0.3, -0.25) is 4.79 Å². The largest absolute Gasteiger partial charge is 0.483 e. The number of likely N-dealkylation sites (tertiary alicyclic amines) is 1. The number of nitrogens with zero attached hydrogens (tertiary/aromatic N) is 3. The molecule has 3 fully saturated rings. The van der Waals surface area contributed by atoms with E-state index in [-0.39, 0.29) is 12.6 Å². The molecule has 4 heterocycles. The van der Waals surface area contributed by atoms with E-state index in [2.05, 4.69) is 23.3 Å². The molecule has 0 saturated carbocycles. The Morgan fingerprint density at radius 3 is 2.44 bits per heavy atom. The van der Waals surface area contributed by atoms with E-state index in [0.717, 1.165) is 50.9 Å². The smallest absolute Gasteiger partial charge is 0.290 e. The lowest BCUT2D eigenvalue weighted by Gasteiger charge is -2.36. The van der Waals surface area contributed by atoms with E-state index in [9.17, 15) is 8.78 Å². The summed E-state index contributed by atoms with van der Waals surface area (Å²) in [5.41, 5.74) is 2.64. The second kappa shape index (κ2) is 9.67. The molecule has 5 rings (SSSR count). The molecule has 3 aliphatic heterocycles. The number of imidazole rings is 1. The lowest BCUT2D eigenvalue weighted by molar-refractivity contribution is -0.122. The second-order valence-corrected chi connectivity index (χ2v) is 9.20. The maximum absolute atomic E-state index is 14.0. The van der Waals surface area contributed by atoms with Crippen molar-refractivity contribution < 1.29 is 23.4 Å². The van der Waals surface area contributed by atoms with E-state index < -0.39 is 11.6 Å². The number of carbonyl (C=O) groups is 1. The predicted octanol–water partition coefficient (Wildman–Crippen LogP) is 4.61. The molecular formula is C24H31F2N3O3. The summed E-state index contributed by atoms with van der Waals surface area (Å²) in [7, 11) is 0. The topological polar surface area (TPSA) is 67.6 Å². The van der Waals surface area contributed by atoms with Crippen LogP contribution >= 0.6 is 0 Å². The highest BCUT2D eigenvalue weighted by Gasteiger charge is 2.43. The SMILES string of the molecule is CC(C)N1CCC(c2c(-c3ccc(F)c(F)c3)ncn2[C@@H]2C[C@@H]3CC[C@H]2O3)CC1.O=CO. The number of hydrogen-bond donors (Lipinski definition) is 1. The summed E-state index contributed by atoms with van der Waals surface area (Å²) >= 11 is 0. The summed E-state index contributed by atoms with van der Waals surface area (Å²) < 4.78 is 35.9. The molecule has 2 aromatic rings. The Labute approximate surface area is 187 Å². The van der Waals surface area contributed by atoms with Crippen LogP contribution in [-0.2, 0) is 9.53 Å². The van der Waals surface area contributed by atoms with Crippen LogP contribution in [0.2, 0.25) is 0 Å². The summed E-state index contributed by atoms with van der Waals surface area (Å²) in [4.78, 5) is 15.6. The van der Waals surface area contributed by atoms with Crippen molar-refractivity contribution in [1.29, 1.82) is 0 Å². The molecule has 8 heteroatoms. The molecule has 3 atom stereocenters. The number of halogens is 2. The average molecular weight is 448 g/mol. The Kier molecular flexibility index (Phi) is 6.90. The van der Waals surface area contributed by atoms with Crippen molar-refractivity contribution in [1.82, 2.24) is 14.5 Å². The van der Waals surface area contributed by atoms with Gasteiger partial charge in [0.15, 0.2) is 11.6 Å². The molecule has 32 heavy (non-hydrogen) atoms. The van der Waals surface area contributed by atoms with Crippen LogP contribution in [0, 0.1) is 11.6 Å². The van der Waals surface area contributed by atoms with Crippen molar-refractivity contribution in [2.24, 2.45) is 0 Å². The van der Waals surface area contributed by atoms with Crippen LogP contribution in [0.15, 0.2) is 24.5 Å². The van der Waals surface area contributed by atoms with Gasteiger partial charge in [0.05, 0.1) is 30.3 Å². The summed E-state index contributed by atoms with van der Waals surface area (Å²) in [5.74, 6) is -1.27. The van der Waals surface area contributed by atoms with Crippen molar-refractivity contribution >= 4 is 6.47 Å². The molecule has 1 aromatic heterocycles. The predicted molar refractivity (Wildman–Crippen MR) is 117 cm³/mol. The molecular weight excluding hydrogens is 416 g/mol. The number of ether oxygens (including phenoxy) is 1. The van der Waals surface area contributed by atoms with Gasteiger partial charge >= 0.3 is 0 Å². The fourth-order valence-electron chi connectivity index (χ4n) is 5.50. The molecule has 6 nitrogen and oxygen atoms in total. The van der Waals surface area contributed by atoms with E-state index in [0.29, 0.717) is 29.7 Å². The zero-order valence-corrected chi connectivity index (χ0v) is 18.6. The first-order chi connectivity index (χ1) is 15.4. The first kappa shape index (κ1) is 22.9. The van der Waals surface area contributed by atoms with Gasteiger partial charge in [0.1, 0.15) is 0 Å². The highest BCUT2D eigenvalue weighted by Crippen LogP contribution is 2.45. The number of piperidine rings is 1. The van der Waals surface area contributed by atoms with Gasteiger partial charge < -0.3 is 19.3 Å². The summed E-state index contributed by atoms with van der Waals surface area (Å²) in [6, 6.07) is 4.99. The first-order valence-electron chi connectivity index (χ1n) is 11.4. The molecule has 3 aliphatic rings. The van der Waals surface area contributed by atoms with Gasteiger partial charge in [0, 0.05) is 23.2 Å². The number of aromatic nitrogens is 2. The number of carboxylic acid groups (broad SMARTS) is 1. The van der Waals surface area contributed by atoms with Crippen molar-refractivity contribution in [2.45, 2.75) is 76.2 Å². The van der Waals surface area contributed by atoms with E-state index in [1.165, 1.54) is 17.8 Å². The molecule has 1 N–H and O–H groups in total. The molecule has 1 aromatic carbocycles. The van der Waals surface area contributed by atoms with E-state index >= 15 is 0 Å². The number of hydrogen-bond acceptors (Lipinski definition) is 4. The summed E-state index contributed by atoms with van der Waals surface area (Å²) in [6.45, 7) is 6.34. The molecule has 0 spiro atoms. The number of fused-ring (bicyclic) bond motifs is 2.